The molecule has 0 saturated carbocycles. The zero-order chi connectivity index (χ0) is 19.6. The summed E-state index contributed by atoms with van der Waals surface area (Å²) in [4.78, 5) is 0. The Morgan fingerprint density at radius 3 is 0.962 bits per heavy atom. The third kappa shape index (κ3) is 13.1. The first kappa shape index (κ1) is 26.9. The SMILES string of the molecule is CCCCCCCCCP(Br)(CCCCC)(CCCCC)CCCCC. The van der Waals surface area contributed by atoms with E-state index in [1.807, 2.05) is 0 Å². The van der Waals surface area contributed by atoms with Crippen LogP contribution in [0.1, 0.15) is 130 Å². The van der Waals surface area contributed by atoms with E-state index in [9.17, 15) is 0 Å². The van der Waals surface area contributed by atoms with Gasteiger partial charge in [-0.25, -0.2) is 0 Å². The molecular weight excluding hydrogens is 399 g/mol. The second-order valence-electron chi connectivity index (χ2n) is 8.96. The van der Waals surface area contributed by atoms with E-state index < -0.39 is 5.31 Å². The molecule has 0 bridgehead atoms. The molecule has 0 radical (unpaired) electrons. The predicted octanol–water partition coefficient (Wildman–Crippen LogP) is 10.2. The van der Waals surface area contributed by atoms with Gasteiger partial charge in [0.2, 0.25) is 0 Å². The standard InChI is InChI=1S/C24H52BrP/c1-5-9-13-14-15-16-20-24-26(25,21-17-10-6-2,22-18-11-7-3)23-19-12-8-4/h5-24H2,1-4H3. The molecule has 0 fully saturated rings. The van der Waals surface area contributed by atoms with E-state index in [2.05, 4.69) is 43.2 Å². The Bertz CT molecular complexity index is 273. The third-order valence-corrected chi connectivity index (χ3v) is 16.3. The molecule has 0 aliphatic rings. The van der Waals surface area contributed by atoms with Crippen molar-refractivity contribution in [3.05, 3.63) is 0 Å². The van der Waals surface area contributed by atoms with E-state index in [0.717, 1.165) is 0 Å². The van der Waals surface area contributed by atoms with Crippen LogP contribution in [0.25, 0.3) is 0 Å². The maximum atomic E-state index is 4.61. The van der Waals surface area contributed by atoms with Crippen molar-refractivity contribution in [1.82, 2.24) is 0 Å². The Labute approximate surface area is 175 Å². The third-order valence-electron chi connectivity index (χ3n) is 6.28. The molecule has 0 N–H and O–H groups in total. The molecule has 2 heteroatoms. The number of hydrogen-bond donors (Lipinski definition) is 0. The number of unbranched alkanes of at least 4 members (excludes halogenated alkanes) is 12. The minimum atomic E-state index is -1.66. The Kier molecular flexibility index (Phi) is 17.4. The number of halogens is 1. The average Bonchev–Trinajstić information content (AvgIpc) is 2.62. The molecule has 0 aromatic carbocycles. The van der Waals surface area contributed by atoms with Crippen molar-refractivity contribution in [3.8, 4) is 0 Å². The molecule has 26 heavy (non-hydrogen) atoms. The van der Waals surface area contributed by atoms with Gasteiger partial charge in [0.1, 0.15) is 0 Å². The Hall–Kier alpha value is 0.910. The molecule has 0 aliphatic carbocycles. The minimum absolute atomic E-state index is 1.36. The van der Waals surface area contributed by atoms with Crippen molar-refractivity contribution in [1.29, 1.82) is 0 Å². The molecule has 0 unspecified atom stereocenters. The van der Waals surface area contributed by atoms with Gasteiger partial charge < -0.3 is 0 Å². The van der Waals surface area contributed by atoms with Crippen molar-refractivity contribution >= 4 is 20.8 Å². The average molecular weight is 452 g/mol. The van der Waals surface area contributed by atoms with Crippen LogP contribution in [0.5, 0.6) is 0 Å². The summed E-state index contributed by atoms with van der Waals surface area (Å²) in [5.74, 6) is 0. The molecule has 0 rings (SSSR count). The van der Waals surface area contributed by atoms with E-state index in [1.54, 1.807) is 0 Å². The summed E-state index contributed by atoms with van der Waals surface area (Å²) in [6.07, 6.45) is 29.1. The molecule has 0 saturated heterocycles. The van der Waals surface area contributed by atoms with Gasteiger partial charge in [-0.05, 0) is 0 Å². The molecule has 0 aliphatic heterocycles. The van der Waals surface area contributed by atoms with Crippen molar-refractivity contribution in [2.75, 3.05) is 24.6 Å². The monoisotopic (exact) mass is 450 g/mol. The molecular formula is C24H52BrP. The van der Waals surface area contributed by atoms with Gasteiger partial charge in [0, 0.05) is 0 Å². The second kappa shape index (κ2) is 16.8. The summed E-state index contributed by atoms with van der Waals surface area (Å²) in [5.41, 5.74) is 0. The summed E-state index contributed by atoms with van der Waals surface area (Å²) in [7, 11) is 0. The Balaban J connectivity index is 4.74. The fraction of sp³-hybridized carbons (Fsp3) is 1.00. The first-order valence-corrected chi connectivity index (χ1v) is 17.3. The second-order valence-corrected chi connectivity index (χ2v) is 20.4. The van der Waals surface area contributed by atoms with Crippen LogP contribution in [-0.4, -0.2) is 24.6 Å². The van der Waals surface area contributed by atoms with Crippen LogP contribution in [0, 0.1) is 0 Å². The van der Waals surface area contributed by atoms with Gasteiger partial charge in [-0.1, -0.05) is 0 Å². The molecule has 0 aromatic heterocycles. The van der Waals surface area contributed by atoms with E-state index in [4.69, 9.17) is 0 Å². The van der Waals surface area contributed by atoms with Crippen LogP contribution < -0.4 is 0 Å². The van der Waals surface area contributed by atoms with Crippen molar-refractivity contribution in [3.63, 3.8) is 0 Å². The van der Waals surface area contributed by atoms with Crippen molar-refractivity contribution in [2.24, 2.45) is 0 Å². The molecule has 0 amide bonds. The van der Waals surface area contributed by atoms with E-state index >= 15 is 0 Å². The van der Waals surface area contributed by atoms with Crippen LogP contribution in [0.4, 0.5) is 0 Å². The van der Waals surface area contributed by atoms with Crippen molar-refractivity contribution in [2.45, 2.75) is 130 Å². The summed E-state index contributed by atoms with van der Waals surface area (Å²) in [6.45, 7) is 9.38. The van der Waals surface area contributed by atoms with Crippen molar-refractivity contribution < 1.29 is 0 Å². The predicted molar refractivity (Wildman–Crippen MR) is 132 cm³/mol. The first-order chi connectivity index (χ1) is 12.5. The first-order valence-electron chi connectivity index (χ1n) is 12.3. The van der Waals surface area contributed by atoms with Gasteiger partial charge in [-0.3, -0.25) is 0 Å². The van der Waals surface area contributed by atoms with Crippen LogP contribution >= 0.6 is 20.8 Å². The van der Waals surface area contributed by atoms with Gasteiger partial charge in [-0.2, -0.15) is 0 Å². The normalized spacial score (nSPS) is 13.7. The quantitative estimate of drug-likeness (QED) is 0.128. The molecule has 0 atom stereocenters. The zero-order valence-electron chi connectivity index (χ0n) is 19.0. The van der Waals surface area contributed by atoms with Gasteiger partial charge in [0.15, 0.2) is 0 Å². The molecule has 160 valence electrons. The van der Waals surface area contributed by atoms with Gasteiger partial charge in [0.25, 0.3) is 0 Å². The van der Waals surface area contributed by atoms with Crippen LogP contribution in [0.3, 0.4) is 0 Å². The molecule has 0 nitrogen and oxygen atoms in total. The van der Waals surface area contributed by atoms with E-state index in [1.165, 1.54) is 127 Å². The summed E-state index contributed by atoms with van der Waals surface area (Å²) < 4.78 is 0. The summed E-state index contributed by atoms with van der Waals surface area (Å²) in [6, 6.07) is 0. The fourth-order valence-electron chi connectivity index (χ4n) is 4.41. The maximum absolute atomic E-state index is 4.61. The Morgan fingerprint density at radius 2 is 0.615 bits per heavy atom. The Morgan fingerprint density at radius 1 is 0.385 bits per heavy atom. The van der Waals surface area contributed by atoms with Gasteiger partial charge in [0.05, 0.1) is 0 Å². The number of hydrogen-bond acceptors (Lipinski definition) is 0. The molecule has 0 aromatic rings. The topological polar surface area (TPSA) is 0 Å². The van der Waals surface area contributed by atoms with E-state index in [-0.39, 0.29) is 0 Å². The molecule has 0 heterocycles. The molecule has 0 spiro atoms. The zero-order valence-corrected chi connectivity index (χ0v) is 21.4. The number of rotatable bonds is 20. The van der Waals surface area contributed by atoms with Crippen LogP contribution in [0.15, 0.2) is 0 Å². The fourth-order valence-corrected chi connectivity index (χ4v) is 12.8. The van der Waals surface area contributed by atoms with Crippen LogP contribution in [0.2, 0.25) is 0 Å². The summed E-state index contributed by atoms with van der Waals surface area (Å²) in [5, 5.41) is -1.66. The summed E-state index contributed by atoms with van der Waals surface area (Å²) >= 11 is 4.61. The van der Waals surface area contributed by atoms with Gasteiger partial charge in [-0.15, -0.1) is 0 Å². The van der Waals surface area contributed by atoms with E-state index in [0.29, 0.717) is 0 Å². The van der Waals surface area contributed by atoms with Gasteiger partial charge >= 0.3 is 176 Å². The van der Waals surface area contributed by atoms with Crippen LogP contribution in [-0.2, 0) is 0 Å².